The van der Waals surface area contributed by atoms with Crippen LogP contribution in [0, 0.1) is 17.6 Å². The van der Waals surface area contributed by atoms with Crippen molar-refractivity contribution in [2.45, 2.75) is 19.2 Å². The van der Waals surface area contributed by atoms with Gasteiger partial charge in [-0.15, -0.1) is 18.3 Å². The van der Waals surface area contributed by atoms with Gasteiger partial charge in [0.2, 0.25) is 5.91 Å². The number of rotatable bonds is 7. The highest BCUT2D eigenvalue weighted by Crippen LogP contribution is 2.30. The number of carbonyl (C=O) groups is 1. The third kappa shape index (κ3) is 7.62. The zero-order valence-electron chi connectivity index (χ0n) is 20.6. The molecule has 14 heteroatoms. The van der Waals surface area contributed by atoms with Crippen molar-refractivity contribution in [3.63, 3.8) is 0 Å². The average Bonchev–Trinajstić information content (AvgIpc) is 2.90. The van der Waals surface area contributed by atoms with E-state index in [0.717, 1.165) is 40.9 Å². The van der Waals surface area contributed by atoms with Gasteiger partial charge in [0.1, 0.15) is 35.2 Å². The predicted molar refractivity (Wildman–Crippen MR) is 145 cm³/mol. The van der Waals surface area contributed by atoms with E-state index in [1.165, 1.54) is 30.8 Å². The van der Waals surface area contributed by atoms with Crippen LogP contribution in [0.15, 0.2) is 86.5 Å². The molecule has 8 nitrogen and oxygen atoms in total. The lowest BCUT2D eigenvalue weighted by Crippen LogP contribution is -2.40. The van der Waals surface area contributed by atoms with E-state index in [1.807, 2.05) is 6.08 Å². The van der Waals surface area contributed by atoms with E-state index in [9.17, 15) is 26.7 Å². The minimum absolute atomic E-state index is 0.0629. The van der Waals surface area contributed by atoms with Gasteiger partial charge in [-0.05, 0) is 48.4 Å². The van der Waals surface area contributed by atoms with Crippen LogP contribution in [0.5, 0.6) is 5.75 Å². The van der Waals surface area contributed by atoms with Crippen molar-refractivity contribution >= 4 is 52.6 Å². The van der Waals surface area contributed by atoms with E-state index in [1.54, 1.807) is 12.2 Å². The van der Waals surface area contributed by atoms with Crippen molar-refractivity contribution < 1.29 is 31.5 Å². The van der Waals surface area contributed by atoms with Gasteiger partial charge in [-0.3, -0.25) is 9.69 Å². The molecule has 1 amide bonds. The summed E-state index contributed by atoms with van der Waals surface area (Å²) in [4.78, 5) is 21.5. The summed E-state index contributed by atoms with van der Waals surface area (Å²) in [5.41, 5.74) is 6.60. The summed E-state index contributed by atoms with van der Waals surface area (Å²) in [7, 11) is 0. The monoisotopic (exact) mass is 576 g/mol. The maximum Gasteiger partial charge on any atom is 0.573 e. The largest absolute Gasteiger partial charge is 0.573 e. The summed E-state index contributed by atoms with van der Waals surface area (Å²) in [5, 5.41) is 8.09. The Morgan fingerprint density at radius 1 is 1.12 bits per heavy atom. The number of alkyl halides is 3. The Bertz CT molecular complexity index is 1410. The van der Waals surface area contributed by atoms with Crippen molar-refractivity contribution in [1.82, 2.24) is 0 Å². The van der Waals surface area contributed by atoms with Gasteiger partial charge >= 0.3 is 6.36 Å². The predicted octanol–water partition coefficient (Wildman–Crippen LogP) is 5.89. The second-order valence-electron chi connectivity index (χ2n) is 8.27. The number of benzene rings is 2. The van der Waals surface area contributed by atoms with Crippen molar-refractivity contribution in [1.29, 1.82) is 0 Å². The fourth-order valence-corrected chi connectivity index (χ4v) is 4.48. The van der Waals surface area contributed by atoms with E-state index < -0.39 is 29.6 Å². The SMILES string of the molecule is NC(=NC=Nc1ccc(OC(F)(F)F)cc1)C1C=CC(C=NN=C2SCCC(=O)N2c2c(F)cccc2F)=CC1. The molecule has 1 heterocycles. The van der Waals surface area contributed by atoms with Crippen LogP contribution >= 0.6 is 11.8 Å². The van der Waals surface area contributed by atoms with Crippen LogP contribution in [0.25, 0.3) is 0 Å². The van der Waals surface area contributed by atoms with Crippen LogP contribution in [0.2, 0.25) is 0 Å². The lowest BCUT2D eigenvalue weighted by molar-refractivity contribution is -0.274. The maximum absolute atomic E-state index is 14.3. The first kappa shape index (κ1) is 28.7. The molecule has 2 aliphatic rings. The van der Waals surface area contributed by atoms with Gasteiger partial charge in [-0.1, -0.05) is 36.1 Å². The summed E-state index contributed by atoms with van der Waals surface area (Å²) in [6.45, 7) is 0. The molecule has 1 unspecified atom stereocenters. The highest BCUT2D eigenvalue weighted by molar-refractivity contribution is 8.14. The number of nitrogens with zero attached hydrogens (tertiary/aromatic N) is 5. The van der Waals surface area contributed by atoms with Gasteiger partial charge in [-0.25, -0.2) is 18.8 Å². The fourth-order valence-electron chi connectivity index (χ4n) is 3.60. The Kier molecular flexibility index (Phi) is 9.09. The molecule has 0 spiro atoms. The van der Waals surface area contributed by atoms with Gasteiger partial charge in [0.25, 0.3) is 0 Å². The molecule has 1 saturated heterocycles. The molecule has 208 valence electrons. The second kappa shape index (κ2) is 12.7. The van der Waals surface area contributed by atoms with E-state index in [0.29, 0.717) is 23.4 Å². The quantitative estimate of drug-likeness (QED) is 0.192. The molecule has 1 fully saturated rings. The molecule has 4 rings (SSSR count). The molecule has 40 heavy (non-hydrogen) atoms. The van der Waals surface area contributed by atoms with E-state index in [-0.39, 0.29) is 29.1 Å². The lowest BCUT2D eigenvalue weighted by Gasteiger charge is -2.27. The van der Waals surface area contributed by atoms with E-state index >= 15 is 0 Å². The van der Waals surface area contributed by atoms with E-state index in [4.69, 9.17) is 5.73 Å². The number of allylic oxidation sites excluding steroid dienone is 3. The van der Waals surface area contributed by atoms with Gasteiger partial charge in [0.05, 0.1) is 11.9 Å². The molecule has 2 aromatic rings. The maximum atomic E-state index is 14.3. The molecule has 1 atom stereocenters. The number of anilines is 1. The van der Waals surface area contributed by atoms with Gasteiger partial charge in [-0.2, -0.15) is 5.10 Å². The van der Waals surface area contributed by atoms with Crippen molar-refractivity contribution in [3.05, 3.63) is 77.9 Å². The molecule has 0 bridgehead atoms. The van der Waals surface area contributed by atoms with E-state index in [2.05, 4.69) is 24.9 Å². The third-order valence-electron chi connectivity index (χ3n) is 5.49. The summed E-state index contributed by atoms with van der Waals surface area (Å²) in [5.74, 6) is -2.16. The Morgan fingerprint density at radius 2 is 1.85 bits per heavy atom. The summed E-state index contributed by atoms with van der Waals surface area (Å²) in [6.07, 6.45) is 3.83. The molecule has 2 aromatic carbocycles. The zero-order chi connectivity index (χ0) is 28.7. The molecule has 1 aliphatic heterocycles. The zero-order valence-corrected chi connectivity index (χ0v) is 21.4. The topological polar surface area (TPSA) is 105 Å². The van der Waals surface area contributed by atoms with Crippen LogP contribution in [-0.4, -0.2) is 41.6 Å². The second-order valence-corrected chi connectivity index (χ2v) is 9.33. The number of halogens is 5. The minimum atomic E-state index is -4.77. The molecule has 1 aliphatic carbocycles. The number of ether oxygens (including phenoxy) is 1. The summed E-state index contributed by atoms with van der Waals surface area (Å²) < 4.78 is 69.1. The van der Waals surface area contributed by atoms with Crippen LogP contribution in [-0.2, 0) is 4.79 Å². The Labute approximate surface area is 229 Å². The molecular formula is C26H21F5N6O2S. The molecule has 0 saturated carbocycles. The number of hydrogen-bond donors (Lipinski definition) is 1. The highest BCUT2D eigenvalue weighted by Gasteiger charge is 2.32. The standard InChI is InChI=1S/C26H21F5N6O2S/c27-20-2-1-3-21(28)23(20)37-22(38)12-13-40-25(37)36-35-14-16-4-6-17(7-5-16)24(32)34-15-33-18-8-10-19(11-9-18)39-26(29,30)31/h1-6,8-11,14-15,17H,7,12-13H2,(H2,32,33,34). The number of thioether (sulfide) groups is 1. The molecule has 2 N–H and O–H groups in total. The highest BCUT2D eigenvalue weighted by atomic mass is 32.2. The Hall–Kier alpha value is -4.33. The van der Waals surface area contributed by atoms with Gasteiger partial charge in [0.15, 0.2) is 5.17 Å². The fraction of sp³-hybridized carbons (Fsp3) is 0.192. The smallest absolute Gasteiger partial charge is 0.406 e. The average molecular weight is 577 g/mol. The van der Waals surface area contributed by atoms with Crippen LogP contribution < -0.4 is 15.4 Å². The lowest BCUT2D eigenvalue weighted by atomic mass is 9.96. The minimum Gasteiger partial charge on any atom is -0.406 e. The van der Waals surface area contributed by atoms with Crippen LogP contribution in [0.4, 0.5) is 33.3 Å². The Morgan fingerprint density at radius 3 is 2.50 bits per heavy atom. The first-order chi connectivity index (χ1) is 19.1. The summed E-state index contributed by atoms with van der Waals surface area (Å²) >= 11 is 1.16. The number of nitrogens with two attached hydrogens (primary N) is 1. The number of para-hydroxylation sites is 1. The van der Waals surface area contributed by atoms with Crippen LogP contribution in [0.1, 0.15) is 12.8 Å². The molecular weight excluding hydrogens is 555 g/mol. The van der Waals surface area contributed by atoms with Gasteiger partial charge in [0, 0.05) is 18.1 Å². The third-order valence-corrected chi connectivity index (χ3v) is 6.42. The number of amidine groups is 2. The first-order valence-electron chi connectivity index (χ1n) is 11.7. The first-order valence-corrected chi connectivity index (χ1v) is 12.7. The Balaban J connectivity index is 1.36. The normalized spacial score (nSPS) is 19.6. The summed E-state index contributed by atoms with van der Waals surface area (Å²) in [6, 6.07) is 8.30. The van der Waals surface area contributed by atoms with Crippen LogP contribution in [0.3, 0.4) is 0 Å². The van der Waals surface area contributed by atoms with Crippen molar-refractivity contribution in [2.75, 3.05) is 10.7 Å². The molecule has 0 aromatic heterocycles. The van der Waals surface area contributed by atoms with Crippen molar-refractivity contribution in [3.8, 4) is 5.75 Å². The van der Waals surface area contributed by atoms with Crippen molar-refractivity contribution in [2.24, 2.45) is 31.8 Å². The number of hydrogen-bond acceptors (Lipinski definition) is 6. The number of carbonyl (C=O) groups excluding carboxylic acids is 1. The number of aliphatic imine (C=N–C) groups is 2. The van der Waals surface area contributed by atoms with Gasteiger partial charge < -0.3 is 10.5 Å². The molecule has 0 radical (unpaired) electrons. The number of amides is 1.